The number of halogens is 1. The topological polar surface area (TPSA) is 50.4 Å². The van der Waals surface area contributed by atoms with Crippen LogP contribution in [0, 0.1) is 5.41 Å². The highest BCUT2D eigenvalue weighted by Crippen LogP contribution is 2.26. The molecule has 5 heteroatoms. The van der Waals surface area contributed by atoms with Crippen molar-refractivity contribution in [2.45, 2.75) is 39.2 Å². The van der Waals surface area contributed by atoms with E-state index in [1.54, 1.807) is 13.0 Å². The second-order valence-electron chi connectivity index (χ2n) is 5.37. The maximum absolute atomic E-state index is 11.8. The van der Waals surface area contributed by atoms with Crippen LogP contribution in [0.15, 0.2) is 12.7 Å². The van der Waals surface area contributed by atoms with E-state index >= 15 is 0 Å². The summed E-state index contributed by atoms with van der Waals surface area (Å²) in [6.45, 7) is 11.0. The van der Waals surface area contributed by atoms with E-state index in [1.165, 1.54) is 0 Å². The van der Waals surface area contributed by atoms with Gasteiger partial charge in [0.15, 0.2) is 0 Å². The third-order valence-corrected chi connectivity index (χ3v) is 3.56. The molecule has 19 heavy (non-hydrogen) atoms. The van der Waals surface area contributed by atoms with Crippen molar-refractivity contribution in [3.63, 3.8) is 0 Å². The SMILES string of the molecule is C=CCCOC(C)C(=O)NCC1(C)CCNCC1.Cl. The van der Waals surface area contributed by atoms with Crippen LogP contribution in [0.4, 0.5) is 0 Å². The van der Waals surface area contributed by atoms with E-state index in [-0.39, 0.29) is 29.8 Å². The molecule has 0 saturated carbocycles. The van der Waals surface area contributed by atoms with Gasteiger partial charge >= 0.3 is 0 Å². The van der Waals surface area contributed by atoms with Gasteiger partial charge in [-0.15, -0.1) is 19.0 Å². The van der Waals surface area contributed by atoms with Crippen molar-refractivity contribution >= 4 is 18.3 Å². The van der Waals surface area contributed by atoms with E-state index in [4.69, 9.17) is 4.74 Å². The zero-order valence-electron chi connectivity index (χ0n) is 12.0. The third-order valence-electron chi connectivity index (χ3n) is 3.56. The lowest BCUT2D eigenvalue weighted by molar-refractivity contribution is -0.132. The Labute approximate surface area is 122 Å². The highest BCUT2D eigenvalue weighted by atomic mass is 35.5. The number of carbonyl (C=O) groups excluding carboxylic acids is 1. The molecular weight excluding hydrogens is 264 g/mol. The van der Waals surface area contributed by atoms with Crippen molar-refractivity contribution in [1.82, 2.24) is 10.6 Å². The first-order chi connectivity index (χ1) is 8.57. The molecule has 112 valence electrons. The Balaban J connectivity index is 0.00000324. The van der Waals surface area contributed by atoms with E-state index in [9.17, 15) is 4.79 Å². The molecule has 0 aromatic heterocycles. The molecule has 0 bridgehead atoms. The van der Waals surface area contributed by atoms with Crippen LogP contribution in [0.1, 0.15) is 33.1 Å². The summed E-state index contributed by atoms with van der Waals surface area (Å²) in [5.41, 5.74) is 0.224. The monoisotopic (exact) mass is 290 g/mol. The molecule has 1 fully saturated rings. The molecule has 0 spiro atoms. The minimum absolute atomic E-state index is 0. The second kappa shape index (κ2) is 9.34. The number of carbonyl (C=O) groups is 1. The van der Waals surface area contributed by atoms with Gasteiger partial charge in [0.2, 0.25) is 5.91 Å². The standard InChI is InChI=1S/C14H26N2O2.ClH/c1-4-5-10-18-12(2)13(17)16-11-14(3)6-8-15-9-7-14;/h4,12,15H,1,5-11H2,2-3H3,(H,16,17);1H. The Morgan fingerprint density at radius 2 is 2.16 bits per heavy atom. The third kappa shape index (κ3) is 6.95. The van der Waals surface area contributed by atoms with Crippen LogP contribution in [0.2, 0.25) is 0 Å². The fraction of sp³-hybridized carbons (Fsp3) is 0.786. The molecule has 1 rings (SSSR count). The predicted octanol–water partition coefficient (Wildman–Crippen LogP) is 1.90. The van der Waals surface area contributed by atoms with Gasteiger partial charge in [0.1, 0.15) is 6.10 Å². The largest absolute Gasteiger partial charge is 0.368 e. The minimum atomic E-state index is -0.379. The average Bonchev–Trinajstić information content (AvgIpc) is 2.37. The van der Waals surface area contributed by atoms with Crippen molar-refractivity contribution in [1.29, 1.82) is 0 Å². The first kappa shape index (κ1) is 18.4. The van der Waals surface area contributed by atoms with Crippen molar-refractivity contribution in [3.8, 4) is 0 Å². The van der Waals surface area contributed by atoms with Crippen molar-refractivity contribution in [3.05, 3.63) is 12.7 Å². The number of rotatable bonds is 7. The van der Waals surface area contributed by atoms with Crippen molar-refractivity contribution in [2.24, 2.45) is 5.41 Å². The molecule has 1 aliphatic heterocycles. The van der Waals surface area contributed by atoms with Gasteiger partial charge in [-0.3, -0.25) is 4.79 Å². The van der Waals surface area contributed by atoms with Crippen LogP contribution < -0.4 is 10.6 Å². The first-order valence-electron chi connectivity index (χ1n) is 6.78. The molecule has 2 N–H and O–H groups in total. The number of hydrogen-bond donors (Lipinski definition) is 2. The number of ether oxygens (including phenoxy) is 1. The van der Waals surface area contributed by atoms with Crippen LogP contribution in [0.5, 0.6) is 0 Å². The zero-order chi connectivity index (χ0) is 13.4. The van der Waals surface area contributed by atoms with Gasteiger partial charge in [0.05, 0.1) is 6.61 Å². The summed E-state index contributed by atoms with van der Waals surface area (Å²) in [7, 11) is 0. The van der Waals surface area contributed by atoms with Gasteiger partial charge in [0.25, 0.3) is 0 Å². The van der Waals surface area contributed by atoms with E-state index in [2.05, 4.69) is 24.1 Å². The Hall–Kier alpha value is -0.580. The summed E-state index contributed by atoms with van der Waals surface area (Å²) < 4.78 is 5.42. The smallest absolute Gasteiger partial charge is 0.248 e. The van der Waals surface area contributed by atoms with Gasteiger partial charge in [-0.1, -0.05) is 13.0 Å². The summed E-state index contributed by atoms with van der Waals surface area (Å²) in [5.74, 6) is -0.0150. The summed E-state index contributed by atoms with van der Waals surface area (Å²) in [6.07, 6.45) is 4.41. The maximum atomic E-state index is 11.8. The molecule has 4 nitrogen and oxygen atoms in total. The fourth-order valence-corrected chi connectivity index (χ4v) is 2.06. The molecule has 1 unspecified atom stereocenters. The number of amides is 1. The normalized spacial score (nSPS) is 19.1. The molecule has 1 atom stereocenters. The van der Waals surface area contributed by atoms with Gasteiger partial charge in [-0.25, -0.2) is 0 Å². The minimum Gasteiger partial charge on any atom is -0.368 e. The summed E-state index contributed by atoms with van der Waals surface area (Å²) in [5, 5.41) is 6.34. The Morgan fingerprint density at radius 3 is 2.74 bits per heavy atom. The molecular formula is C14H27ClN2O2. The van der Waals surface area contributed by atoms with Crippen LogP contribution in [0.3, 0.4) is 0 Å². The van der Waals surface area contributed by atoms with Crippen LogP contribution in [-0.2, 0) is 9.53 Å². The zero-order valence-corrected chi connectivity index (χ0v) is 12.9. The molecule has 1 amide bonds. The molecule has 1 heterocycles. The lowest BCUT2D eigenvalue weighted by Gasteiger charge is -2.34. The predicted molar refractivity (Wildman–Crippen MR) is 80.7 cm³/mol. The fourth-order valence-electron chi connectivity index (χ4n) is 2.06. The van der Waals surface area contributed by atoms with E-state index in [1.807, 2.05) is 0 Å². The number of piperidine rings is 1. The molecule has 1 saturated heterocycles. The van der Waals surface area contributed by atoms with Gasteiger partial charge in [-0.05, 0) is 44.7 Å². The van der Waals surface area contributed by atoms with Gasteiger partial charge in [-0.2, -0.15) is 0 Å². The van der Waals surface area contributed by atoms with Crippen LogP contribution in [-0.4, -0.2) is 38.3 Å². The van der Waals surface area contributed by atoms with Gasteiger partial charge < -0.3 is 15.4 Å². The highest BCUT2D eigenvalue weighted by molar-refractivity contribution is 5.85. The Bertz CT molecular complexity index is 279. The highest BCUT2D eigenvalue weighted by Gasteiger charge is 2.27. The molecule has 0 aromatic carbocycles. The maximum Gasteiger partial charge on any atom is 0.248 e. The van der Waals surface area contributed by atoms with E-state index in [0.29, 0.717) is 6.61 Å². The number of hydrogen-bond acceptors (Lipinski definition) is 3. The van der Waals surface area contributed by atoms with Gasteiger partial charge in [0, 0.05) is 6.54 Å². The van der Waals surface area contributed by atoms with Crippen LogP contribution >= 0.6 is 12.4 Å². The van der Waals surface area contributed by atoms with Crippen molar-refractivity contribution < 1.29 is 9.53 Å². The summed E-state index contributed by atoms with van der Waals surface area (Å²) >= 11 is 0. The number of nitrogens with one attached hydrogen (secondary N) is 2. The first-order valence-corrected chi connectivity index (χ1v) is 6.78. The molecule has 0 aromatic rings. The average molecular weight is 291 g/mol. The summed E-state index contributed by atoms with van der Waals surface area (Å²) in [4.78, 5) is 11.8. The second-order valence-corrected chi connectivity index (χ2v) is 5.37. The molecule has 0 aliphatic carbocycles. The van der Waals surface area contributed by atoms with E-state index < -0.39 is 0 Å². The Morgan fingerprint density at radius 1 is 1.53 bits per heavy atom. The lowest BCUT2D eigenvalue weighted by Crippen LogP contribution is -2.45. The quantitative estimate of drug-likeness (QED) is 0.556. The summed E-state index contributed by atoms with van der Waals surface area (Å²) in [6, 6.07) is 0. The van der Waals surface area contributed by atoms with Crippen LogP contribution in [0.25, 0.3) is 0 Å². The Kier molecular flexibility index (Phi) is 9.06. The molecule has 0 radical (unpaired) electrons. The lowest BCUT2D eigenvalue weighted by atomic mass is 9.81. The molecule has 1 aliphatic rings. The van der Waals surface area contributed by atoms with E-state index in [0.717, 1.165) is 38.9 Å². The van der Waals surface area contributed by atoms with Crippen molar-refractivity contribution in [2.75, 3.05) is 26.2 Å².